The Bertz CT molecular complexity index is 1290. The molecule has 0 fully saturated rings. The van der Waals surface area contributed by atoms with Crippen LogP contribution in [0.3, 0.4) is 0 Å². The highest BCUT2D eigenvalue weighted by Crippen LogP contribution is 2.31. The minimum atomic E-state index is -0.556. The average molecular weight is 474 g/mol. The van der Waals surface area contributed by atoms with E-state index >= 15 is 0 Å². The molecular weight excluding hydrogens is 450 g/mol. The monoisotopic (exact) mass is 473 g/mol. The number of non-ortho nitro benzene ring substituents is 1. The van der Waals surface area contributed by atoms with Crippen LogP contribution in [-0.4, -0.2) is 21.5 Å². The minimum Gasteiger partial charge on any atom is -0.456 e. The van der Waals surface area contributed by atoms with Gasteiger partial charge in [-0.05, 0) is 80.8 Å². The van der Waals surface area contributed by atoms with Gasteiger partial charge in [-0.25, -0.2) is 9.78 Å². The first-order valence-corrected chi connectivity index (χ1v) is 11.2. The lowest BCUT2D eigenvalue weighted by Crippen LogP contribution is -2.23. The van der Waals surface area contributed by atoms with Gasteiger partial charge in [0.15, 0.2) is 0 Å². The van der Waals surface area contributed by atoms with E-state index in [2.05, 4.69) is 11.1 Å². The summed E-state index contributed by atoms with van der Waals surface area (Å²) in [6.45, 7) is 7.41. The van der Waals surface area contributed by atoms with Crippen LogP contribution in [0.4, 0.5) is 5.69 Å². The second kappa shape index (κ2) is 10.3. The van der Waals surface area contributed by atoms with E-state index in [1.54, 1.807) is 36.5 Å². The summed E-state index contributed by atoms with van der Waals surface area (Å²) in [5.74, 6) is -0.371. The van der Waals surface area contributed by atoms with Gasteiger partial charge in [-0.3, -0.25) is 10.1 Å². The SMILES string of the molecule is C/C(=C/c1cnc(Sc2ccc([N+](=O)[O-])cc2)c(C#N)c1)c1ccc(C(=O)OC(C)(C)C)cc1. The molecule has 0 aliphatic rings. The zero-order chi connectivity index (χ0) is 24.9. The van der Waals surface area contributed by atoms with Gasteiger partial charge >= 0.3 is 5.97 Å². The standard InChI is InChI=1S/C26H23N3O4S/c1-17(19-5-7-20(8-6-19)25(30)33-26(2,3)4)13-18-14-21(15-27)24(28-16-18)34-23-11-9-22(10-12-23)29(31)32/h5-14,16H,1-4H3/b17-13-. The molecule has 0 saturated heterocycles. The Morgan fingerprint density at radius 3 is 2.29 bits per heavy atom. The molecule has 0 radical (unpaired) electrons. The van der Waals surface area contributed by atoms with Gasteiger partial charge in [-0.15, -0.1) is 0 Å². The molecule has 7 nitrogen and oxygen atoms in total. The van der Waals surface area contributed by atoms with Crippen LogP contribution >= 0.6 is 11.8 Å². The number of ether oxygens (including phenoxy) is 1. The van der Waals surface area contributed by atoms with Crippen LogP contribution in [0.25, 0.3) is 11.6 Å². The van der Waals surface area contributed by atoms with E-state index in [1.165, 1.54) is 23.9 Å². The topological polar surface area (TPSA) is 106 Å². The van der Waals surface area contributed by atoms with Gasteiger partial charge in [-0.1, -0.05) is 23.9 Å². The number of pyridine rings is 1. The predicted molar refractivity (Wildman–Crippen MR) is 131 cm³/mol. The fourth-order valence-corrected chi connectivity index (χ4v) is 3.81. The fourth-order valence-electron chi connectivity index (χ4n) is 3.00. The average Bonchev–Trinajstić information content (AvgIpc) is 2.79. The maximum atomic E-state index is 12.2. The highest BCUT2D eigenvalue weighted by molar-refractivity contribution is 7.99. The second-order valence-corrected chi connectivity index (χ2v) is 9.56. The highest BCUT2D eigenvalue weighted by atomic mass is 32.2. The summed E-state index contributed by atoms with van der Waals surface area (Å²) in [4.78, 5) is 27.7. The van der Waals surface area contributed by atoms with E-state index in [-0.39, 0.29) is 11.7 Å². The summed E-state index contributed by atoms with van der Waals surface area (Å²) in [5.41, 5.74) is 2.97. The van der Waals surface area contributed by atoms with Gasteiger partial charge < -0.3 is 4.74 Å². The molecule has 0 spiro atoms. The third kappa shape index (κ3) is 6.53. The van der Waals surface area contributed by atoms with Crippen LogP contribution in [0.2, 0.25) is 0 Å². The summed E-state index contributed by atoms with van der Waals surface area (Å²) in [6.07, 6.45) is 3.59. The van der Waals surface area contributed by atoms with Crippen molar-refractivity contribution < 1.29 is 14.5 Å². The van der Waals surface area contributed by atoms with Crippen LogP contribution in [0.5, 0.6) is 0 Å². The minimum absolute atomic E-state index is 0.00732. The molecule has 3 aromatic rings. The van der Waals surface area contributed by atoms with Crippen LogP contribution in [0.1, 0.15) is 54.7 Å². The van der Waals surface area contributed by atoms with E-state index in [9.17, 15) is 20.2 Å². The number of rotatable bonds is 6. The number of hydrogen-bond donors (Lipinski definition) is 0. The first kappa shape index (κ1) is 24.7. The van der Waals surface area contributed by atoms with Crippen molar-refractivity contribution >= 4 is 35.1 Å². The summed E-state index contributed by atoms with van der Waals surface area (Å²) in [7, 11) is 0. The zero-order valence-corrected chi connectivity index (χ0v) is 20.1. The molecule has 0 amide bonds. The molecule has 2 aromatic carbocycles. The highest BCUT2D eigenvalue weighted by Gasteiger charge is 2.17. The van der Waals surface area contributed by atoms with Gasteiger partial charge in [0.2, 0.25) is 0 Å². The number of esters is 1. The van der Waals surface area contributed by atoms with Crippen molar-refractivity contribution in [2.24, 2.45) is 0 Å². The number of nitriles is 1. The molecule has 0 bridgehead atoms. The lowest BCUT2D eigenvalue weighted by Gasteiger charge is -2.19. The number of benzene rings is 2. The third-order valence-electron chi connectivity index (χ3n) is 4.61. The van der Waals surface area contributed by atoms with Gasteiger partial charge in [0.1, 0.15) is 16.7 Å². The summed E-state index contributed by atoms with van der Waals surface area (Å²) < 4.78 is 5.39. The van der Waals surface area contributed by atoms with E-state index < -0.39 is 10.5 Å². The van der Waals surface area contributed by atoms with Crippen molar-refractivity contribution in [2.45, 2.75) is 43.2 Å². The van der Waals surface area contributed by atoms with Crippen LogP contribution in [0.15, 0.2) is 70.7 Å². The fraction of sp³-hybridized carbons (Fsp3) is 0.192. The molecule has 1 aromatic heterocycles. The largest absolute Gasteiger partial charge is 0.456 e. The first-order chi connectivity index (χ1) is 16.1. The van der Waals surface area contributed by atoms with Crippen LogP contribution in [0, 0.1) is 21.4 Å². The van der Waals surface area contributed by atoms with E-state index in [0.717, 1.165) is 21.6 Å². The molecule has 3 rings (SSSR count). The Morgan fingerprint density at radius 2 is 1.74 bits per heavy atom. The maximum absolute atomic E-state index is 12.2. The molecular formula is C26H23N3O4S. The van der Waals surface area contributed by atoms with Crippen molar-refractivity contribution in [3.63, 3.8) is 0 Å². The van der Waals surface area contributed by atoms with E-state index in [4.69, 9.17) is 4.74 Å². The normalized spacial score (nSPS) is 11.6. The van der Waals surface area contributed by atoms with Crippen molar-refractivity contribution in [1.29, 1.82) is 5.26 Å². The molecule has 0 aliphatic heterocycles. The Morgan fingerprint density at radius 1 is 1.12 bits per heavy atom. The van der Waals surface area contributed by atoms with E-state index in [1.807, 2.05) is 45.9 Å². The van der Waals surface area contributed by atoms with Crippen molar-refractivity contribution in [1.82, 2.24) is 4.98 Å². The van der Waals surface area contributed by atoms with Gasteiger partial charge in [0.25, 0.3) is 5.69 Å². The summed E-state index contributed by atoms with van der Waals surface area (Å²) in [6, 6.07) is 17.2. The van der Waals surface area contributed by atoms with E-state index in [0.29, 0.717) is 16.2 Å². The summed E-state index contributed by atoms with van der Waals surface area (Å²) in [5, 5.41) is 20.9. The lowest BCUT2D eigenvalue weighted by atomic mass is 10.0. The third-order valence-corrected chi connectivity index (χ3v) is 5.64. The number of nitro benzene ring substituents is 1. The molecule has 0 unspecified atom stereocenters. The van der Waals surface area contributed by atoms with Crippen LogP contribution < -0.4 is 0 Å². The quantitative estimate of drug-likeness (QED) is 0.228. The number of hydrogen-bond acceptors (Lipinski definition) is 7. The van der Waals surface area contributed by atoms with Gasteiger partial charge in [-0.2, -0.15) is 5.26 Å². The zero-order valence-electron chi connectivity index (χ0n) is 19.2. The predicted octanol–water partition coefficient (Wildman–Crippen LogP) is 6.53. The number of carbonyl (C=O) groups is 1. The molecule has 0 N–H and O–H groups in total. The Labute approximate surface area is 202 Å². The second-order valence-electron chi connectivity index (χ2n) is 8.49. The maximum Gasteiger partial charge on any atom is 0.338 e. The molecule has 172 valence electrons. The number of carbonyl (C=O) groups excluding carboxylic acids is 1. The molecule has 0 saturated carbocycles. The smallest absolute Gasteiger partial charge is 0.338 e. The first-order valence-electron chi connectivity index (χ1n) is 10.4. The number of aromatic nitrogens is 1. The number of nitrogens with zero attached hydrogens (tertiary/aromatic N) is 3. The molecule has 1 heterocycles. The van der Waals surface area contributed by atoms with Crippen molar-refractivity contribution in [3.05, 3.63) is 93.2 Å². The van der Waals surface area contributed by atoms with Gasteiger partial charge in [0.05, 0.1) is 16.1 Å². The van der Waals surface area contributed by atoms with Crippen LogP contribution in [-0.2, 0) is 4.74 Å². The van der Waals surface area contributed by atoms with Crippen molar-refractivity contribution in [2.75, 3.05) is 0 Å². The Hall–Kier alpha value is -3.96. The number of allylic oxidation sites excluding steroid dienone is 1. The molecule has 0 aliphatic carbocycles. The van der Waals surface area contributed by atoms with Gasteiger partial charge in [0, 0.05) is 23.2 Å². The molecule has 8 heteroatoms. The Kier molecular flexibility index (Phi) is 7.49. The number of nitro groups is 1. The molecule has 34 heavy (non-hydrogen) atoms. The Balaban J connectivity index is 1.77. The van der Waals surface area contributed by atoms with Crippen molar-refractivity contribution in [3.8, 4) is 6.07 Å². The summed E-state index contributed by atoms with van der Waals surface area (Å²) >= 11 is 1.27. The lowest BCUT2D eigenvalue weighted by molar-refractivity contribution is -0.384. The molecule has 0 atom stereocenters.